The topological polar surface area (TPSA) is 253 Å². The smallest absolute Gasteiger partial charge is 0.271 e. The minimum absolute atomic E-state index is 0.0133. The monoisotopic (exact) mass is 1030 g/mol. The molecular weight excluding hydrogens is 971 g/mol. The summed E-state index contributed by atoms with van der Waals surface area (Å²) in [5.74, 6) is -1.47. The molecule has 0 bridgehead atoms. The molecule has 7 aromatic rings. The van der Waals surface area contributed by atoms with Crippen molar-refractivity contribution in [3.8, 4) is 21.7 Å². The summed E-state index contributed by atoms with van der Waals surface area (Å²) in [6.07, 6.45) is 4.78. The van der Waals surface area contributed by atoms with E-state index >= 15 is 0 Å². The van der Waals surface area contributed by atoms with Crippen LogP contribution in [-0.4, -0.2) is 103 Å². The molecule has 1 aliphatic heterocycles. The number of nitrogens with one attached hydrogen (secondary N) is 7. The number of amides is 6. The van der Waals surface area contributed by atoms with Crippen LogP contribution in [0.2, 0.25) is 0 Å². The number of hydrogen-bond donors (Lipinski definition) is 8. The molecule has 19 heteroatoms. The van der Waals surface area contributed by atoms with Crippen LogP contribution in [-0.2, 0) is 14.4 Å². The molecule has 0 unspecified atom stereocenters. The third-order valence-corrected chi connectivity index (χ3v) is 13.8. The van der Waals surface area contributed by atoms with Crippen LogP contribution in [0.5, 0.6) is 0 Å². The van der Waals surface area contributed by atoms with Crippen molar-refractivity contribution in [2.24, 2.45) is 5.41 Å². The zero-order valence-corrected chi connectivity index (χ0v) is 43.2. The standard InChI is InChI=1S/C56H61N11O7S/c1-33(63-53(72)46-27-41(69)30-67(46)55(74)50(56(3,4)5)64-34(2)68)35-16-18-36(19-17-35)49-48(62-32-75-49)54(73)58-25-10-6-9-24-57-51(70)37-20-22-38(23-21-37)52(71)66-40-13-11-12-39(26-40)65-47-28-45(60-31-61-47)43-29-59-44-15-8-7-14-42(43)44/h7-8,11-23,26,28-29,31-33,41,46,50,59,69H,6,9-10,24-25,27,30H2,1-5H3,(H,57,70)(H,58,73)(H,63,72)(H,64,68)(H,66,71)(H,60,61,65)/t33-,41+,46-,50+/m0/s1. The predicted molar refractivity (Wildman–Crippen MR) is 289 cm³/mol. The van der Waals surface area contributed by atoms with Gasteiger partial charge in [0.25, 0.3) is 17.7 Å². The van der Waals surface area contributed by atoms with Gasteiger partial charge >= 0.3 is 0 Å². The van der Waals surface area contributed by atoms with Gasteiger partial charge in [0, 0.05) is 84.2 Å². The lowest BCUT2D eigenvalue weighted by molar-refractivity contribution is -0.144. The van der Waals surface area contributed by atoms with Gasteiger partial charge in [-0.05, 0) is 91.3 Å². The van der Waals surface area contributed by atoms with E-state index in [1.807, 2.05) is 107 Å². The Morgan fingerprint density at radius 2 is 1.48 bits per heavy atom. The molecule has 4 aromatic carbocycles. The number of carbonyl (C=O) groups excluding carboxylic acids is 6. The first-order valence-electron chi connectivity index (χ1n) is 24.9. The van der Waals surface area contributed by atoms with Gasteiger partial charge in [0.05, 0.1) is 28.2 Å². The maximum Gasteiger partial charge on any atom is 0.271 e. The quantitative estimate of drug-likeness (QED) is 0.0363. The van der Waals surface area contributed by atoms with Crippen LogP contribution in [0.25, 0.3) is 32.6 Å². The molecule has 6 amide bonds. The number of likely N-dealkylation sites (tertiary alicyclic amines) is 1. The molecule has 0 spiro atoms. The average Bonchev–Trinajstić information content (AvgIpc) is 4.17. The number of carbonyl (C=O) groups is 6. The van der Waals surface area contributed by atoms with Crippen molar-refractivity contribution in [3.63, 3.8) is 0 Å². The molecule has 8 N–H and O–H groups in total. The lowest BCUT2D eigenvalue weighted by Crippen LogP contribution is -2.57. The van der Waals surface area contributed by atoms with E-state index in [0.717, 1.165) is 45.4 Å². The van der Waals surface area contributed by atoms with Crippen molar-refractivity contribution in [3.05, 3.63) is 144 Å². The highest BCUT2D eigenvalue weighted by atomic mass is 32.1. The summed E-state index contributed by atoms with van der Waals surface area (Å²) in [7, 11) is 0. The highest BCUT2D eigenvalue weighted by molar-refractivity contribution is 7.13. The number of aliphatic hydroxyl groups is 1. The number of unbranched alkanes of at least 4 members (excludes halogenated alkanes) is 2. The van der Waals surface area contributed by atoms with Crippen LogP contribution in [0.4, 0.5) is 17.2 Å². The molecule has 0 aliphatic carbocycles. The molecule has 0 saturated carbocycles. The summed E-state index contributed by atoms with van der Waals surface area (Å²) in [6, 6.07) is 28.9. The first-order chi connectivity index (χ1) is 36.0. The van der Waals surface area contributed by atoms with Crippen LogP contribution in [0.3, 0.4) is 0 Å². The number of hydrogen-bond acceptors (Lipinski definition) is 12. The Bertz CT molecular complexity index is 3190. The van der Waals surface area contributed by atoms with Crippen molar-refractivity contribution < 1.29 is 33.9 Å². The van der Waals surface area contributed by atoms with E-state index in [1.54, 1.807) is 35.8 Å². The third-order valence-electron chi connectivity index (χ3n) is 12.9. The average molecular weight is 1030 g/mol. The number of rotatable bonds is 19. The number of aliphatic hydroxyl groups excluding tert-OH is 1. The number of β-amino-alcohol motifs (C(OH)–C–C–N with tert-alkyl or cyclic N) is 1. The molecular formula is C56H61N11O7S. The second-order valence-corrected chi connectivity index (χ2v) is 20.5. The molecule has 1 aliphatic rings. The van der Waals surface area contributed by atoms with Gasteiger partial charge in [0.15, 0.2) is 0 Å². The number of H-pyrrole nitrogens is 1. The van der Waals surface area contributed by atoms with Crippen LogP contribution in [0.1, 0.15) is 103 Å². The van der Waals surface area contributed by atoms with Gasteiger partial charge in [-0.3, -0.25) is 28.8 Å². The Labute approximate surface area is 438 Å². The minimum atomic E-state index is -0.905. The number of thiazole rings is 1. The number of nitrogens with zero attached hydrogens (tertiary/aromatic N) is 4. The summed E-state index contributed by atoms with van der Waals surface area (Å²) in [5.41, 5.74) is 7.75. The number of para-hydroxylation sites is 1. The van der Waals surface area contributed by atoms with Gasteiger partial charge < -0.3 is 46.9 Å². The maximum atomic E-state index is 13.6. The number of aromatic nitrogens is 4. The predicted octanol–water partition coefficient (Wildman–Crippen LogP) is 7.76. The zero-order valence-electron chi connectivity index (χ0n) is 42.4. The number of benzene rings is 4. The van der Waals surface area contributed by atoms with E-state index in [9.17, 15) is 33.9 Å². The van der Waals surface area contributed by atoms with E-state index in [4.69, 9.17) is 0 Å². The van der Waals surface area contributed by atoms with Crippen molar-refractivity contribution in [2.75, 3.05) is 30.3 Å². The van der Waals surface area contributed by atoms with Crippen molar-refractivity contribution in [1.82, 2.24) is 46.1 Å². The summed E-state index contributed by atoms with van der Waals surface area (Å²) in [4.78, 5) is 97.0. The van der Waals surface area contributed by atoms with E-state index in [1.165, 1.54) is 29.5 Å². The Morgan fingerprint density at radius 3 is 2.20 bits per heavy atom. The SMILES string of the molecule is CC(=O)N[C@H](C(=O)N1C[C@H](O)C[C@H]1C(=O)N[C@@H](C)c1ccc(-c2scnc2C(=O)NCCCCCNC(=O)c2ccc(C(=O)Nc3cccc(Nc4cc(-c5c[nH]c6ccccc56)ncn4)c3)cc2)cc1)C(C)(C)C. The molecule has 3 aromatic heterocycles. The van der Waals surface area contributed by atoms with Crippen LogP contribution in [0, 0.1) is 5.41 Å². The summed E-state index contributed by atoms with van der Waals surface area (Å²) in [6.45, 7) is 9.50. The fourth-order valence-corrected chi connectivity index (χ4v) is 9.72. The number of anilines is 3. The number of aromatic amines is 1. The summed E-state index contributed by atoms with van der Waals surface area (Å²) < 4.78 is 0. The zero-order chi connectivity index (χ0) is 53.2. The van der Waals surface area contributed by atoms with E-state index in [2.05, 4.69) is 51.8 Å². The number of fused-ring (bicyclic) bond motifs is 1. The lowest BCUT2D eigenvalue weighted by atomic mass is 9.85. The van der Waals surface area contributed by atoms with Gasteiger partial charge in [-0.1, -0.05) is 69.3 Å². The third kappa shape index (κ3) is 13.3. The van der Waals surface area contributed by atoms with Crippen molar-refractivity contribution in [1.29, 1.82) is 0 Å². The molecule has 8 rings (SSSR count). The lowest BCUT2D eigenvalue weighted by Gasteiger charge is -2.35. The fourth-order valence-electron chi connectivity index (χ4n) is 8.92. The van der Waals surface area contributed by atoms with Crippen LogP contribution >= 0.6 is 11.3 Å². The molecule has 4 atom stereocenters. The van der Waals surface area contributed by atoms with Gasteiger partial charge in [0.1, 0.15) is 29.9 Å². The molecule has 18 nitrogen and oxygen atoms in total. The van der Waals surface area contributed by atoms with E-state index in [-0.39, 0.29) is 36.6 Å². The second kappa shape index (κ2) is 23.7. The largest absolute Gasteiger partial charge is 0.391 e. The molecule has 4 heterocycles. The van der Waals surface area contributed by atoms with E-state index < -0.39 is 41.5 Å². The van der Waals surface area contributed by atoms with Crippen LogP contribution in [0.15, 0.2) is 121 Å². The van der Waals surface area contributed by atoms with E-state index in [0.29, 0.717) is 59.1 Å². The summed E-state index contributed by atoms with van der Waals surface area (Å²) >= 11 is 1.34. The summed E-state index contributed by atoms with van der Waals surface area (Å²) in [5, 5.41) is 29.3. The molecule has 75 heavy (non-hydrogen) atoms. The highest BCUT2D eigenvalue weighted by Crippen LogP contribution is 2.32. The maximum absolute atomic E-state index is 13.6. The van der Waals surface area contributed by atoms with Gasteiger partial charge in [0.2, 0.25) is 17.7 Å². The first-order valence-corrected chi connectivity index (χ1v) is 25.7. The molecule has 388 valence electrons. The van der Waals surface area contributed by atoms with Crippen molar-refractivity contribution in [2.45, 2.75) is 84.5 Å². The molecule has 1 saturated heterocycles. The van der Waals surface area contributed by atoms with Gasteiger partial charge in [-0.25, -0.2) is 15.0 Å². The Kier molecular flexibility index (Phi) is 16.8. The van der Waals surface area contributed by atoms with Crippen LogP contribution < -0.4 is 31.9 Å². The normalized spacial score (nSPS) is 15.1. The fraction of sp³-hybridized carbons (Fsp3) is 0.304. The molecule has 1 fully saturated rings. The first kappa shape index (κ1) is 53.0. The Morgan fingerprint density at radius 1 is 0.787 bits per heavy atom. The Hall–Kier alpha value is -8.29. The minimum Gasteiger partial charge on any atom is -0.391 e. The highest BCUT2D eigenvalue weighted by Gasteiger charge is 2.44. The second-order valence-electron chi connectivity index (χ2n) is 19.6. The van der Waals surface area contributed by atoms with Gasteiger partial charge in [-0.15, -0.1) is 11.3 Å². The van der Waals surface area contributed by atoms with Gasteiger partial charge in [-0.2, -0.15) is 0 Å². The van der Waals surface area contributed by atoms with Crippen molar-refractivity contribution >= 4 is 74.9 Å². The Balaban J connectivity index is 0.740. The molecule has 0 radical (unpaired) electrons.